The van der Waals surface area contributed by atoms with E-state index in [1.807, 2.05) is 0 Å². The van der Waals surface area contributed by atoms with Crippen molar-refractivity contribution in [1.82, 2.24) is 0 Å². The fourth-order valence-corrected chi connectivity index (χ4v) is 10.6. The molecule has 0 saturated heterocycles. The summed E-state index contributed by atoms with van der Waals surface area (Å²) in [5.74, 6) is 0. The van der Waals surface area contributed by atoms with Gasteiger partial charge in [-0.3, -0.25) is 0 Å². The molecule has 9 aromatic carbocycles. The first-order valence-electron chi connectivity index (χ1n) is 21.5. The van der Waals surface area contributed by atoms with Gasteiger partial charge in [-0.2, -0.15) is 0 Å². The van der Waals surface area contributed by atoms with Gasteiger partial charge in [-0.1, -0.05) is 198 Å². The molecule has 61 heavy (non-hydrogen) atoms. The lowest BCUT2D eigenvalue weighted by molar-refractivity contribution is 0.766. The summed E-state index contributed by atoms with van der Waals surface area (Å²) in [6.07, 6.45) is 0. The second-order valence-electron chi connectivity index (χ2n) is 17.2. The molecule has 2 aliphatic carbocycles. The Bertz CT molecular complexity index is 2800. The van der Waals surface area contributed by atoms with Gasteiger partial charge in [0.25, 0.3) is 0 Å². The van der Waals surface area contributed by atoms with E-state index < -0.39 is 10.8 Å². The third kappa shape index (κ3) is 5.54. The molecule has 0 aliphatic heterocycles. The molecule has 0 amide bonds. The molecule has 1 heteroatoms. The number of hydrogen-bond donors (Lipinski definition) is 0. The maximum Gasteiger partial charge on any atom is 0.0714 e. The molecule has 292 valence electrons. The lowest BCUT2D eigenvalue weighted by Gasteiger charge is -2.36. The number of rotatable bonds is 7. The van der Waals surface area contributed by atoms with E-state index in [0.29, 0.717) is 0 Å². The predicted molar refractivity (Wildman–Crippen MR) is 255 cm³/mol. The molecule has 0 heterocycles. The molecular weight excluding hydrogens is 735 g/mol. The Morgan fingerprint density at radius 1 is 0.262 bits per heavy atom. The highest BCUT2D eigenvalue weighted by Gasteiger charge is 2.48. The maximum atomic E-state index is 2.48. The van der Waals surface area contributed by atoms with Crippen LogP contribution in [0.5, 0.6) is 0 Å². The Morgan fingerprint density at radius 3 is 0.934 bits per heavy atom. The highest BCUT2D eigenvalue weighted by molar-refractivity contribution is 5.92. The van der Waals surface area contributed by atoms with Gasteiger partial charge in [0.1, 0.15) is 0 Å². The van der Waals surface area contributed by atoms with Gasteiger partial charge in [-0.05, 0) is 131 Å². The van der Waals surface area contributed by atoms with E-state index in [1.165, 1.54) is 89.0 Å². The van der Waals surface area contributed by atoms with Gasteiger partial charge in [-0.25, -0.2) is 0 Å². The van der Waals surface area contributed by atoms with Gasteiger partial charge in [0.15, 0.2) is 0 Å². The molecule has 0 spiro atoms. The molecule has 11 rings (SSSR count). The van der Waals surface area contributed by atoms with E-state index in [1.54, 1.807) is 0 Å². The van der Waals surface area contributed by atoms with Gasteiger partial charge < -0.3 is 4.90 Å². The summed E-state index contributed by atoms with van der Waals surface area (Å²) in [4.78, 5) is 2.47. The zero-order valence-electron chi connectivity index (χ0n) is 35.2. The second-order valence-corrected chi connectivity index (χ2v) is 17.2. The van der Waals surface area contributed by atoms with Crippen LogP contribution in [0.1, 0.15) is 66.8 Å². The largest absolute Gasteiger partial charge is 0.310 e. The van der Waals surface area contributed by atoms with Crippen molar-refractivity contribution in [3.8, 4) is 22.3 Å². The van der Waals surface area contributed by atoms with Crippen molar-refractivity contribution in [3.05, 3.63) is 279 Å². The summed E-state index contributed by atoms with van der Waals surface area (Å²) in [6, 6.07) is 80.2. The first-order valence-corrected chi connectivity index (χ1v) is 21.5. The van der Waals surface area contributed by atoms with Gasteiger partial charge in [0, 0.05) is 17.1 Å². The minimum absolute atomic E-state index is 0.517. The molecule has 0 aromatic heterocycles. The normalized spacial score (nSPS) is 13.8. The van der Waals surface area contributed by atoms with E-state index in [0.717, 1.165) is 17.1 Å². The zero-order valence-corrected chi connectivity index (χ0v) is 35.2. The molecule has 0 bridgehead atoms. The summed E-state index contributed by atoms with van der Waals surface area (Å²) in [7, 11) is 0. The van der Waals surface area contributed by atoms with Crippen LogP contribution in [0.4, 0.5) is 17.1 Å². The number of aryl methyl sites for hydroxylation is 4. The van der Waals surface area contributed by atoms with E-state index in [-0.39, 0.29) is 0 Å². The SMILES string of the molecule is Cc1ccc(C2(c3ccc(C)cc3)c3ccccc3-c3ccc(N(c4ccccc4)c4ccc5c(c4)C(c4ccc(C)cc4)(c4ccc(C)cc4)c4ccccc4-5)cc32)cc1. The molecule has 0 unspecified atom stereocenters. The second kappa shape index (κ2) is 14.2. The molecule has 0 atom stereocenters. The Morgan fingerprint density at radius 2 is 0.574 bits per heavy atom. The van der Waals surface area contributed by atoms with Crippen LogP contribution in [-0.2, 0) is 10.8 Å². The topological polar surface area (TPSA) is 3.24 Å². The lowest BCUT2D eigenvalue weighted by atomic mass is 9.67. The third-order valence-electron chi connectivity index (χ3n) is 13.5. The van der Waals surface area contributed by atoms with Gasteiger partial charge >= 0.3 is 0 Å². The Balaban J connectivity index is 1.18. The van der Waals surface area contributed by atoms with Crippen LogP contribution in [0, 0.1) is 27.7 Å². The number of nitrogens with zero attached hydrogens (tertiary/aromatic N) is 1. The van der Waals surface area contributed by atoms with Crippen LogP contribution in [0.25, 0.3) is 22.3 Å². The molecule has 2 aliphatic rings. The van der Waals surface area contributed by atoms with Crippen molar-refractivity contribution in [2.45, 2.75) is 38.5 Å². The maximum absolute atomic E-state index is 2.48. The minimum Gasteiger partial charge on any atom is -0.310 e. The number of anilines is 3. The van der Waals surface area contributed by atoms with E-state index in [9.17, 15) is 0 Å². The quantitative estimate of drug-likeness (QED) is 0.156. The van der Waals surface area contributed by atoms with Crippen molar-refractivity contribution >= 4 is 17.1 Å². The predicted octanol–water partition coefficient (Wildman–Crippen LogP) is 15.1. The molecule has 0 N–H and O–H groups in total. The molecule has 9 aromatic rings. The van der Waals surface area contributed by atoms with Crippen molar-refractivity contribution in [2.24, 2.45) is 0 Å². The standard InChI is InChI=1S/C60H47N/c1-40-18-26-44(27-19-40)59(45-28-20-41(2)21-29-45)55-16-10-8-14-51(55)53-36-34-49(38-57(53)59)61(48-12-6-5-7-13-48)50-35-37-54-52-15-9-11-17-56(52)60(58(54)39-50,46-30-22-42(3)23-31-46)47-32-24-43(4)25-33-47/h5-39H,1-4H3. The summed E-state index contributed by atoms with van der Waals surface area (Å²) >= 11 is 0. The number of fused-ring (bicyclic) bond motifs is 6. The minimum atomic E-state index is -0.517. The third-order valence-corrected chi connectivity index (χ3v) is 13.5. The Labute approximate surface area is 360 Å². The lowest BCUT2D eigenvalue weighted by Crippen LogP contribution is -2.29. The van der Waals surface area contributed by atoms with Gasteiger partial charge in [0.2, 0.25) is 0 Å². The van der Waals surface area contributed by atoms with E-state index in [4.69, 9.17) is 0 Å². The van der Waals surface area contributed by atoms with Crippen LogP contribution in [0.2, 0.25) is 0 Å². The van der Waals surface area contributed by atoms with Gasteiger partial charge in [0.05, 0.1) is 10.8 Å². The molecule has 0 radical (unpaired) electrons. The fraction of sp³-hybridized carbons (Fsp3) is 0.100. The average molecular weight is 782 g/mol. The van der Waals surface area contributed by atoms with Gasteiger partial charge in [-0.15, -0.1) is 0 Å². The summed E-state index contributed by atoms with van der Waals surface area (Å²) in [5.41, 5.74) is 22.8. The monoisotopic (exact) mass is 781 g/mol. The van der Waals surface area contributed by atoms with Crippen LogP contribution in [0.15, 0.2) is 212 Å². The van der Waals surface area contributed by atoms with E-state index in [2.05, 4.69) is 245 Å². The Hall–Kier alpha value is -7.22. The highest BCUT2D eigenvalue weighted by Crippen LogP contribution is 2.59. The van der Waals surface area contributed by atoms with Crippen LogP contribution >= 0.6 is 0 Å². The number of hydrogen-bond acceptors (Lipinski definition) is 1. The Kier molecular flexibility index (Phi) is 8.58. The molecule has 0 saturated carbocycles. The van der Waals surface area contributed by atoms with Crippen LogP contribution in [-0.4, -0.2) is 0 Å². The first kappa shape index (κ1) is 36.8. The van der Waals surface area contributed by atoms with E-state index >= 15 is 0 Å². The first-order chi connectivity index (χ1) is 29.9. The van der Waals surface area contributed by atoms with Crippen molar-refractivity contribution in [2.75, 3.05) is 4.90 Å². The van der Waals surface area contributed by atoms with Crippen molar-refractivity contribution < 1.29 is 0 Å². The van der Waals surface area contributed by atoms with Crippen molar-refractivity contribution in [3.63, 3.8) is 0 Å². The fourth-order valence-electron chi connectivity index (χ4n) is 10.6. The van der Waals surface area contributed by atoms with Crippen LogP contribution < -0.4 is 4.90 Å². The number of benzene rings is 9. The van der Waals surface area contributed by atoms with Crippen LogP contribution in [0.3, 0.4) is 0 Å². The zero-order chi connectivity index (χ0) is 41.3. The molecular formula is C60H47N. The summed E-state index contributed by atoms with van der Waals surface area (Å²) in [5, 5.41) is 0. The van der Waals surface area contributed by atoms with Crippen molar-refractivity contribution in [1.29, 1.82) is 0 Å². The summed E-state index contributed by atoms with van der Waals surface area (Å²) < 4.78 is 0. The smallest absolute Gasteiger partial charge is 0.0714 e. The summed E-state index contributed by atoms with van der Waals surface area (Å²) in [6.45, 7) is 8.71. The highest BCUT2D eigenvalue weighted by atomic mass is 15.1. The molecule has 1 nitrogen and oxygen atoms in total. The molecule has 0 fully saturated rings. The average Bonchev–Trinajstić information content (AvgIpc) is 3.76. The number of para-hydroxylation sites is 1.